The Balaban J connectivity index is 1.44. The lowest BCUT2D eigenvalue weighted by Crippen LogP contribution is -2.14. The zero-order valence-corrected chi connectivity index (χ0v) is 13.6. The van der Waals surface area contributed by atoms with Crippen molar-refractivity contribution in [2.45, 2.75) is 25.7 Å². The molecule has 0 bridgehead atoms. The number of carbonyl (C=O) groups is 1. The Bertz CT molecular complexity index is 766. The molecule has 0 fully saturated rings. The first-order valence-electron chi connectivity index (χ1n) is 7.96. The number of ether oxygens (including phenoxy) is 1. The Morgan fingerprint density at radius 1 is 1.43 bits per heavy atom. The van der Waals surface area contributed by atoms with Crippen LogP contribution in [0.1, 0.15) is 24.8 Å². The van der Waals surface area contributed by atoms with E-state index in [4.69, 9.17) is 4.74 Å². The predicted octanol–water partition coefficient (Wildman–Crippen LogP) is 4.04. The lowest BCUT2D eigenvalue weighted by Gasteiger charge is -2.06. The number of allylic oxidation sites excluding steroid dienone is 2. The summed E-state index contributed by atoms with van der Waals surface area (Å²) in [7, 11) is 0. The lowest BCUT2D eigenvalue weighted by atomic mass is 10.1. The number of thiazole rings is 1. The van der Waals surface area contributed by atoms with Gasteiger partial charge in [0.15, 0.2) is 5.13 Å². The summed E-state index contributed by atoms with van der Waals surface area (Å²) < 4.78 is 5.53. The Kier molecular flexibility index (Phi) is 3.87. The minimum Gasteiger partial charge on any atom is -0.493 e. The molecule has 1 amide bonds. The third-order valence-electron chi connectivity index (χ3n) is 4.30. The number of nitrogens with zero attached hydrogens (tertiary/aromatic N) is 1. The van der Waals surface area contributed by atoms with Gasteiger partial charge in [-0.1, -0.05) is 12.2 Å². The fraction of sp³-hybridized carbons (Fsp3) is 0.333. The molecule has 2 aromatic rings. The van der Waals surface area contributed by atoms with Gasteiger partial charge in [0.05, 0.1) is 12.3 Å². The second kappa shape index (κ2) is 6.16. The summed E-state index contributed by atoms with van der Waals surface area (Å²) in [6, 6.07) is 6.15. The molecule has 1 aromatic heterocycles. The number of hydrogen-bond acceptors (Lipinski definition) is 4. The molecule has 0 spiro atoms. The molecule has 2 aliphatic rings. The van der Waals surface area contributed by atoms with Crippen LogP contribution < -0.4 is 10.1 Å². The van der Waals surface area contributed by atoms with Crippen molar-refractivity contribution in [3.63, 3.8) is 0 Å². The van der Waals surface area contributed by atoms with Crippen molar-refractivity contribution in [3.05, 3.63) is 41.3 Å². The smallest absolute Gasteiger partial charge is 0.226 e. The SMILES string of the molecule is O=C(CC1C=CCC1)Nc1nc(-c2ccc3c(c2)CCO3)cs1. The standard InChI is InChI=1S/C18H18N2O2S/c21-17(9-12-3-1-2-4-12)20-18-19-15(11-23-18)13-5-6-16-14(10-13)7-8-22-16/h1,3,5-6,10-12H,2,4,7-9H2,(H,19,20,21). The van der Waals surface area contributed by atoms with Crippen molar-refractivity contribution < 1.29 is 9.53 Å². The predicted molar refractivity (Wildman–Crippen MR) is 91.9 cm³/mol. The molecule has 2 heterocycles. The van der Waals surface area contributed by atoms with Crippen molar-refractivity contribution in [1.29, 1.82) is 0 Å². The van der Waals surface area contributed by atoms with Crippen LogP contribution in [0.2, 0.25) is 0 Å². The fourth-order valence-electron chi connectivity index (χ4n) is 3.08. The number of anilines is 1. The average molecular weight is 326 g/mol. The Hall–Kier alpha value is -2.14. The Morgan fingerprint density at radius 3 is 3.26 bits per heavy atom. The van der Waals surface area contributed by atoms with Crippen molar-refractivity contribution in [2.75, 3.05) is 11.9 Å². The van der Waals surface area contributed by atoms with E-state index in [1.165, 1.54) is 16.9 Å². The van der Waals surface area contributed by atoms with Gasteiger partial charge >= 0.3 is 0 Å². The molecule has 1 aliphatic carbocycles. The molecule has 0 saturated carbocycles. The van der Waals surface area contributed by atoms with Gasteiger partial charge in [-0.2, -0.15) is 0 Å². The first kappa shape index (κ1) is 14.5. The summed E-state index contributed by atoms with van der Waals surface area (Å²) >= 11 is 1.47. The van der Waals surface area contributed by atoms with Crippen LogP contribution in [0.15, 0.2) is 35.7 Å². The number of nitrogens with one attached hydrogen (secondary N) is 1. The maximum Gasteiger partial charge on any atom is 0.226 e. The molecule has 1 atom stereocenters. The molecule has 1 unspecified atom stereocenters. The van der Waals surface area contributed by atoms with Crippen LogP contribution in [0.5, 0.6) is 5.75 Å². The quantitative estimate of drug-likeness (QED) is 0.863. The van der Waals surface area contributed by atoms with Crippen LogP contribution in [0.4, 0.5) is 5.13 Å². The number of rotatable bonds is 4. The summed E-state index contributed by atoms with van der Waals surface area (Å²) in [4.78, 5) is 16.6. The van der Waals surface area contributed by atoms with Crippen molar-refractivity contribution >= 4 is 22.4 Å². The number of amides is 1. The van der Waals surface area contributed by atoms with Crippen LogP contribution in [0.3, 0.4) is 0 Å². The molecule has 1 aromatic carbocycles. The number of aromatic nitrogens is 1. The summed E-state index contributed by atoms with van der Waals surface area (Å²) in [5.74, 6) is 1.40. The number of carbonyl (C=O) groups excluding carboxylic acids is 1. The van der Waals surface area contributed by atoms with E-state index in [0.717, 1.165) is 42.9 Å². The maximum absolute atomic E-state index is 12.1. The van der Waals surface area contributed by atoms with Gasteiger partial charge in [0, 0.05) is 23.8 Å². The van der Waals surface area contributed by atoms with Gasteiger partial charge in [0.25, 0.3) is 0 Å². The van der Waals surface area contributed by atoms with Gasteiger partial charge in [-0.15, -0.1) is 11.3 Å². The summed E-state index contributed by atoms with van der Waals surface area (Å²) in [5, 5.41) is 5.58. The second-order valence-electron chi connectivity index (χ2n) is 5.98. The van der Waals surface area contributed by atoms with Crippen LogP contribution in [0.25, 0.3) is 11.3 Å². The monoisotopic (exact) mass is 326 g/mol. The highest BCUT2D eigenvalue weighted by molar-refractivity contribution is 7.14. The number of benzene rings is 1. The number of fused-ring (bicyclic) bond motifs is 1. The van der Waals surface area contributed by atoms with Gasteiger partial charge in [-0.3, -0.25) is 4.79 Å². The van der Waals surface area contributed by atoms with Crippen molar-refractivity contribution in [3.8, 4) is 17.0 Å². The largest absolute Gasteiger partial charge is 0.493 e. The van der Waals surface area contributed by atoms with E-state index in [-0.39, 0.29) is 5.91 Å². The zero-order chi connectivity index (χ0) is 15.6. The first-order valence-corrected chi connectivity index (χ1v) is 8.84. The molecule has 1 aliphatic heterocycles. The molecule has 4 nitrogen and oxygen atoms in total. The molecule has 0 saturated heterocycles. The topological polar surface area (TPSA) is 51.2 Å². The highest BCUT2D eigenvalue weighted by atomic mass is 32.1. The summed E-state index contributed by atoms with van der Waals surface area (Å²) in [5.41, 5.74) is 3.21. The third kappa shape index (κ3) is 3.15. The second-order valence-corrected chi connectivity index (χ2v) is 6.83. The highest BCUT2D eigenvalue weighted by Crippen LogP contribution is 2.32. The van der Waals surface area contributed by atoms with E-state index in [1.54, 1.807) is 0 Å². The molecular weight excluding hydrogens is 308 g/mol. The molecule has 1 N–H and O–H groups in total. The maximum atomic E-state index is 12.1. The minimum absolute atomic E-state index is 0.0461. The van der Waals surface area contributed by atoms with E-state index in [9.17, 15) is 4.79 Å². The van der Waals surface area contributed by atoms with E-state index in [2.05, 4.69) is 28.5 Å². The summed E-state index contributed by atoms with van der Waals surface area (Å²) in [6.07, 6.45) is 7.94. The summed E-state index contributed by atoms with van der Waals surface area (Å²) in [6.45, 7) is 0.757. The highest BCUT2D eigenvalue weighted by Gasteiger charge is 2.16. The molecule has 118 valence electrons. The molecule has 4 rings (SSSR count). The first-order chi connectivity index (χ1) is 11.3. The van der Waals surface area contributed by atoms with E-state index in [1.807, 2.05) is 17.5 Å². The molecular formula is C18H18N2O2S. The minimum atomic E-state index is 0.0461. The molecule has 23 heavy (non-hydrogen) atoms. The molecule has 5 heteroatoms. The Morgan fingerprint density at radius 2 is 2.39 bits per heavy atom. The molecule has 0 radical (unpaired) electrons. The van der Waals surface area contributed by atoms with Crippen LogP contribution in [-0.2, 0) is 11.2 Å². The van der Waals surface area contributed by atoms with E-state index >= 15 is 0 Å². The van der Waals surface area contributed by atoms with Crippen LogP contribution >= 0.6 is 11.3 Å². The fourth-order valence-corrected chi connectivity index (χ4v) is 3.82. The van der Waals surface area contributed by atoms with E-state index < -0.39 is 0 Å². The number of hydrogen-bond donors (Lipinski definition) is 1. The van der Waals surface area contributed by atoms with Gasteiger partial charge in [-0.25, -0.2) is 4.98 Å². The normalized spacial score (nSPS) is 18.7. The van der Waals surface area contributed by atoms with Crippen LogP contribution in [-0.4, -0.2) is 17.5 Å². The van der Waals surface area contributed by atoms with Crippen LogP contribution in [0, 0.1) is 5.92 Å². The Labute approximate surface area is 139 Å². The van der Waals surface area contributed by atoms with Gasteiger partial charge in [0.2, 0.25) is 5.91 Å². The third-order valence-corrected chi connectivity index (χ3v) is 5.05. The van der Waals surface area contributed by atoms with E-state index in [0.29, 0.717) is 17.5 Å². The zero-order valence-electron chi connectivity index (χ0n) is 12.7. The van der Waals surface area contributed by atoms with Crippen molar-refractivity contribution in [2.24, 2.45) is 5.92 Å². The van der Waals surface area contributed by atoms with Crippen molar-refractivity contribution in [1.82, 2.24) is 4.98 Å². The van der Waals surface area contributed by atoms with Gasteiger partial charge in [0.1, 0.15) is 5.75 Å². The average Bonchev–Trinajstić information content (AvgIpc) is 3.27. The van der Waals surface area contributed by atoms with Gasteiger partial charge in [-0.05, 0) is 42.5 Å². The van der Waals surface area contributed by atoms with Gasteiger partial charge < -0.3 is 10.1 Å². The lowest BCUT2D eigenvalue weighted by molar-refractivity contribution is -0.116.